The molecule has 2 unspecified atom stereocenters. The maximum atomic E-state index is 12.2. The lowest BCUT2D eigenvalue weighted by Crippen LogP contribution is -2.22. The normalized spacial score (nSPS) is 12.3. The summed E-state index contributed by atoms with van der Waals surface area (Å²) in [6, 6.07) is 18.3. The Hall–Kier alpha value is -3.54. The van der Waals surface area contributed by atoms with Crippen LogP contribution in [0.2, 0.25) is 0 Å². The largest absolute Gasteiger partial charge is 0.457 e. The number of hydrogen-bond acceptors (Lipinski definition) is 6. The molecule has 0 amide bonds. The Bertz CT molecular complexity index is 933. The number of carbonyl (C=O) groups excluding carboxylic acids is 4. The van der Waals surface area contributed by atoms with E-state index in [1.807, 2.05) is 60.7 Å². The Morgan fingerprint density at radius 2 is 1.16 bits per heavy atom. The van der Waals surface area contributed by atoms with Gasteiger partial charge in [0.15, 0.2) is 24.8 Å². The van der Waals surface area contributed by atoms with Crippen molar-refractivity contribution in [3.8, 4) is 0 Å². The molecular weight excluding hydrogens is 396 g/mol. The molecule has 0 spiro atoms. The van der Waals surface area contributed by atoms with Crippen LogP contribution >= 0.6 is 0 Å². The number of rotatable bonds is 11. The molecule has 0 fully saturated rings. The van der Waals surface area contributed by atoms with Crippen molar-refractivity contribution in [1.29, 1.82) is 0 Å². The highest BCUT2D eigenvalue weighted by Crippen LogP contribution is 2.17. The summed E-state index contributed by atoms with van der Waals surface area (Å²) in [4.78, 5) is 48.4. The molecule has 0 aromatic heterocycles. The van der Waals surface area contributed by atoms with Crippen LogP contribution in [0.1, 0.15) is 43.2 Å². The van der Waals surface area contributed by atoms with Crippen LogP contribution in [0.4, 0.5) is 0 Å². The molecule has 31 heavy (non-hydrogen) atoms. The molecular formula is C25H26O6. The van der Waals surface area contributed by atoms with Crippen LogP contribution in [0, 0.1) is 0 Å². The Labute approximate surface area is 181 Å². The van der Waals surface area contributed by atoms with Gasteiger partial charge in [0.1, 0.15) is 0 Å². The van der Waals surface area contributed by atoms with Gasteiger partial charge in [-0.05, 0) is 11.1 Å². The molecule has 0 saturated carbocycles. The van der Waals surface area contributed by atoms with Crippen molar-refractivity contribution in [2.45, 2.75) is 32.1 Å². The summed E-state index contributed by atoms with van der Waals surface area (Å²) in [5, 5.41) is 0. The topological polar surface area (TPSA) is 86.7 Å². The first kappa shape index (κ1) is 23.7. The van der Waals surface area contributed by atoms with Crippen LogP contribution in [0.5, 0.6) is 0 Å². The van der Waals surface area contributed by atoms with Crippen molar-refractivity contribution in [3.63, 3.8) is 0 Å². The smallest absolute Gasteiger partial charge is 0.334 e. The van der Waals surface area contributed by atoms with Gasteiger partial charge in [-0.25, -0.2) is 4.79 Å². The molecule has 0 aliphatic heterocycles. The van der Waals surface area contributed by atoms with E-state index in [-0.39, 0.29) is 17.1 Å². The van der Waals surface area contributed by atoms with Crippen molar-refractivity contribution in [3.05, 3.63) is 83.9 Å². The summed E-state index contributed by atoms with van der Waals surface area (Å²) in [5.41, 5.74) is 1.50. The second kappa shape index (κ2) is 11.6. The zero-order chi connectivity index (χ0) is 22.8. The van der Waals surface area contributed by atoms with E-state index >= 15 is 0 Å². The molecule has 2 aromatic rings. The number of carbonyl (C=O) groups is 4. The van der Waals surface area contributed by atoms with E-state index in [0.717, 1.165) is 11.1 Å². The Morgan fingerprint density at radius 3 is 1.61 bits per heavy atom. The van der Waals surface area contributed by atoms with E-state index in [1.54, 1.807) is 13.8 Å². The number of ketones is 2. The predicted molar refractivity (Wildman–Crippen MR) is 115 cm³/mol. The highest BCUT2D eigenvalue weighted by molar-refractivity contribution is 5.96. The third-order valence-corrected chi connectivity index (χ3v) is 4.93. The lowest BCUT2D eigenvalue weighted by molar-refractivity contribution is -0.150. The van der Waals surface area contributed by atoms with E-state index in [1.165, 1.54) is 0 Å². The molecule has 2 atom stereocenters. The maximum absolute atomic E-state index is 12.2. The molecule has 0 saturated heterocycles. The zero-order valence-corrected chi connectivity index (χ0v) is 17.7. The Kier molecular flexibility index (Phi) is 8.88. The van der Waals surface area contributed by atoms with Gasteiger partial charge in [-0.2, -0.15) is 0 Å². The standard InChI is InChI=1S/C25H26O6/c1-17(25(29)31-16-23(27)19(3)21-12-8-5-9-13-21)14-24(28)30-15-22(26)18(2)20-10-6-4-7-11-20/h4-13,18-19H,1,14-16H2,2-3H3. The third-order valence-electron chi connectivity index (χ3n) is 4.93. The molecule has 0 aliphatic carbocycles. The van der Waals surface area contributed by atoms with Gasteiger partial charge in [-0.15, -0.1) is 0 Å². The first-order chi connectivity index (χ1) is 14.8. The lowest BCUT2D eigenvalue weighted by atomic mass is 9.97. The minimum absolute atomic E-state index is 0.145. The summed E-state index contributed by atoms with van der Waals surface area (Å²) in [5.74, 6) is -2.98. The molecule has 6 nitrogen and oxygen atoms in total. The molecule has 2 aromatic carbocycles. The first-order valence-corrected chi connectivity index (χ1v) is 9.95. The van der Waals surface area contributed by atoms with Gasteiger partial charge in [0.25, 0.3) is 0 Å². The first-order valence-electron chi connectivity index (χ1n) is 9.95. The third kappa shape index (κ3) is 7.33. The number of Topliss-reactive ketones (excluding diaryl/α,β-unsaturated/α-hetero) is 2. The van der Waals surface area contributed by atoms with Crippen molar-refractivity contribution >= 4 is 23.5 Å². The Balaban J connectivity index is 1.74. The van der Waals surface area contributed by atoms with Gasteiger partial charge >= 0.3 is 11.9 Å². The number of ether oxygens (including phenoxy) is 2. The second-order valence-electron chi connectivity index (χ2n) is 7.21. The van der Waals surface area contributed by atoms with Gasteiger partial charge in [0.2, 0.25) is 0 Å². The fourth-order valence-electron chi connectivity index (χ4n) is 2.79. The van der Waals surface area contributed by atoms with Crippen molar-refractivity contribution in [2.75, 3.05) is 13.2 Å². The monoisotopic (exact) mass is 422 g/mol. The van der Waals surface area contributed by atoms with E-state index in [2.05, 4.69) is 6.58 Å². The van der Waals surface area contributed by atoms with Crippen LogP contribution in [-0.4, -0.2) is 36.7 Å². The molecule has 0 bridgehead atoms. The van der Waals surface area contributed by atoms with E-state index in [9.17, 15) is 19.2 Å². The summed E-state index contributed by atoms with van der Waals surface area (Å²) in [6.07, 6.45) is -0.422. The van der Waals surface area contributed by atoms with Gasteiger partial charge in [-0.3, -0.25) is 14.4 Å². The van der Waals surface area contributed by atoms with Crippen LogP contribution in [0.25, 0.3) is 0 Å². The van der Waals surface area contributed by atoms with Gasteiger partial charge in [0, 0.05) is 17.4 Å². The van der Waals surface area contributed by atoms with Crippen LogP contribution in [0.3, 0.4) is 0 Å². The summed E-state index contributed by atoms with van der Waals surface area (Å²) >= 11 is 0. The van der Waals surface area contributed by atoms with Crippen LogP contribution in [-0.2, 0) is 28.7 Å². The average Bonchev–Trinajstić information content (AvgIpc) is 2.80. The van der Waals surface area contributed by atoms with Crippen molar-refractivity contribution in [2.24, 2.45) is 0 Å². The molecule has 162 valence electrons. The summed E-state index contributed by atoms with van der Waals surface area (Å²) < 4.78 is 9.93. The van der Waals surface area contributed by atoms with Crippen LogP contribution < -0.4 is 0 Å². The van der Waals surface area contributed by atoms with Gasteiger partial charge in [-0.1, -0.05) is 81.1 Å². The second-order valence-corrected chi connectivity index (χ2v) is 7.21. The lowest BCUT2D eigenvalue weighted by Gasteiger charge is -2.12. The SMILES string of the molecule is C=C(CC(=O)OCC(=O)C(C)c1ccccc1)C(=O)OCC(=O)C(C)c1ccccc1. The molecule has 2 rings (SSSR count). The quantitative estimate of drug-likeness (QED) is 0.405. The van der Waals surface area contributed by atoms with E-state index in [4.69, 9.17) is 9.47 Å². The van der Waals surface area contributed by atoms with E-state index < -0.39 is 43.4 Å². The van der Waals surface area contributed by atoms with Crippen molar-refractivity contribution in [1.82, 2.24) is 0 Å². The highest BCUT2D eigenvalue weighted by Gasteiger charge is 2.21. The maximum Gasteiger partial charge on any atom is 0.334 e. The van der Waals surface area contributed by atoms with Crippen LogP contribution in [0.15, 0.2) is 72.8 Å². The number of benzene rings is 2. The van der Waals surface area contributed by atoms with Gasteiger partial charge < -0.3 is 9.47 Å². The van der Waals surface area contributed by atoms with Gasteiger partial charge in [0.05, 0.1) is 6.42 Å². The minimum atomic E-state index is -0.852. The summed E-state index contributed by atoms with van der Waals surface area (Å²) in [6.45, 7) is 6.15. The minimum Gasteiger partial charge on any atom is -0.457 e. The number of hydrogen-bond donors (Lipinski definition) is 0. The molecule has 0 heterocycles. The molecule has 6 heteroatoms. The highest BCUT2D eigenvalue weighted by atomic mass is 16.5. The molecule has 0 radical (unpaired) electrons. The van der Waals surface area contributed by atoms with E-state index in [0.29, 0.717) is 0 Å². The zero-order valence-electron chi connectivity index (χ0n) is 17.7. The summed E-state index contributed by atoms with van der Waals surface area (Å²) in [7, 11) is 0. The fourth-order valence-corrected chi connectivity index (χ4v) is 2.79. The average molecular weight is 422 g/mol. The predicted octanol–water partition coefficient (Wildman–Crippen LogP) is 3.76. The number of esters is 2. The molecule has 0 aliphatic rings. The molecule has 0 N–H and O–H groups in total. The van der Waals surface area contributed by atoms with Crippen molar-refractivity contribution < 1.29 is 28.7 Å². The fraction of sp³-hybridized carbons (Fsp3) is 0.280. The Morgan fingerprint density at radius 1 is 0.742 bits per heavy atom.